The first-order chi connectivity index (χ1) is 9.56. The molecular weight excluding hydrogens is 246 g/mol. The molecule has 2 heteroatoms. The average Bonchev–Trinajstić information content (AvgIpc) is 3.13. The van der Waals surface area contributed by atoms with Gasteiger partial charge in [0.2, 0.25) is 0 Å². The predicted molar refractivity (Wildman–Crippen MR) is 83.0 cm³/mol. The zero-order valence-corrected chi connectivity index (χ0v) is 12.8. The largest absolute Gasteiger partial charge is 0.460 e. The van der Waals surface area contributed by atoms with Gasteiger partial charge >= 0.3 is 0 Å². The molecule has 2 nitrogen and oxygen atoms in total. The van der Waals surface area contributed by atoms with Crippen LogP contribution < -0.4 is 5.32 Å². The van der Waals surface area contributed by atoms with Crippen LogP contribution in [0, 0.1) is 27.7 Å². The summed E-state index contributed by atoms with van der Waals surface area (Å²) < 4.78 is 6.06. The third-order valence-corrected chi connectivity index (χ3v) is 4.42. The van der Waals surface area contributed by atoms with Crippen LogP contribution in [0.2, 0.25) is 0 Å². The molecule has 0 radical (unpaired) electrons. The number of furan rings is 1. The van der Waals surface area contributed by atoms with Gasteiger partial charge in [-0.1, -0.05) is 6.07 Å². The molecule has 0 spiro atoms. The molecule has 1 heterocycles. The Morgan fingerprint density at radius 1 is 1.05 bits per heavy atom. The first-order valence-corrected chi connectivity index (χ1v) is 7.46. The molecule has 1 aromatic carbocycles. The minimum absolute atomic E-state index is 0.716. The summed E-state index contributed by atoms with van der Waals surface area (Å²) in [5, 5.41) is 3.50. The fourth-order valence-corrected chi connectivity index (χ4v) is 2.73. The first-order valence-electron chi connectivity index (χ1n) is 7.46. The molecule has 0 amide bonds. The highest BCUT2D eigenvalue weighted by molar-refractivity contribution is 5.69. The summed E-state index contributed by atoms with van der Waals surface area (Å²) in [5.74, 6) is 2.03. The Labute approximate surface area is 121 Å². The highest BCUT2D eigenvalue weighted by Crippen LogP contribution is 2.32. The Hall–Kier alpha value is -1.54. The second-order valence-corrected chi connectivity index (χ2v) is 6.06. The average molecular weight is 269 g/mol. The van der Waals surface area contributed by atoms with E-state index in [0.29, 0.717) is 6.04 Å². The van der Waals surface area contributed by atoms with Gasteiger partial charge in [-0.3, -0.25) is 0 Å². The van der Waals surface area contributed by atoms with Gasteiger partial charge in [-0.05, 0) is 74.9 Å². The molecule has 1 saturated carbocycles. The minimum Gasteiger partial charge on any atom is -0.460 e. The fraction of sp³-hybridized carbons (Fsp3) is 0.444. The van der Waals surface area contributed by atoms with E-state index in [0.717, 1.165) is 18.1 Å². The van der Waals surface area contributed by atoms with Gasteiger partial charge in [-0.15, -0.1) is 0 Å². The Bertz CT molecular complexity index is 609. The Morgan fingerprint density at radius 3 is 2.30 bits per heavy atom. The van der Waals surface area contributed by atoms with Crippen LogP contribution in [0.4, 0.5) is 0 Å². The zero-order chi connectivity index (χ0) is 14.3. The van der Waals surface area contributed by atoms with Crippen molar-refractivity contribution >= 4 is 0 Å². The lowest BCUT2D eigenvalue weighted by Gasteiger charge is -2.13. The van der Waals surface area contributed by atoms with Gasteiger partial charge in [0.05, 0.1) is 6.54 Å². The van der Waals surface area contributed by atoms with Gasteiger partial charge in [-0.2, -0.15) is 0 Å². The number of hydrogen-bond acceptors (Lipinski definition) is 2. The van der Waals surface area contributed by atoms with E-state index in [-0.39, 0.29) is 0 Å². The third kappa shape index (κ3) is 2.53. The van der Waals surface area contributed by atoms with Crippen LogP contribution in [-0.4, -0.2) is 6.04 Å². The van der Waals surface area contributed by atoms with E-state index in [9.17, 15) is 0 Å². The number of aryl methyl sites for hydroxylation is 2. The molecule has 1 aliphatic rings. The quantitative estimate of drug-likeness (QED) is 0.888. The summed E-state index contributed by atoms with van der Waals surface area (Å²) in [6, 6.07) is 7.18. The Balaban J connectivity index is 1.92. The van der Waals surface area contributed by atoms with Crippen LogP contribution >= 0.6 is 0 Å². The molecule has 20 heavy (non-hydrogen) atoms. The fourth-order valence-electron chi connectivity index (χ4n) is 2.73. The zero-order valence-electron chi connectivity index (χ0n) is 12.8. The van der Waals surface area contributed by atoms with Gasteiger partial charge in [-0.25, -0.2) is 0 Å². The van der Waals surface area contributed by atoms with Crippen molar-refractivity contribution in [2.45, 2.75) is 53.1 Å². The normalized spacial score (nSPS) is 14.8. The molecule has 2 aromatic rings. The van der Waals surface area contributed by atoms with Crippen LogP contribution in [0.1, 0.15) is 40.9 Å². The summed E-state index contributed by atoms with van der Waals surface area (Å²) in [5.41, 5.74) is 6.57. The third-order valence-electron chi connectivity index (χ3n) is 4.42. The smallest absolute Gasteiger partial charge is 0.134 e. The summed E-state index contributed by atoms with van der Waals surface area (Å²) in [6.45, 7) is 9.55. The lowest BCUT2D eigenvalue weighted by molar-refractivity contribution is 0.492. The highest BCUT2D eigenvalue weighted by Gasteiger charge is 2.21. The van der Waals surface area contributed by atoms with Crippen LogP contribution in [0.5, 0.6) is 0 Å². The number of rotatable bonds is 4. The molecule has 0 bridgehead atoms. The van der Waals surface area contributed by atoms with E-state index in [1.165, 1.54) is 40.7 Å². The molecule has 106 valence electrons. The highest BCUT2D eigenvalue weighted by atomic mass is 16.3. The van der Waals surface area contributed by atoms with Crippen LogP contribution in [-0.2, 0) is 6.54 Å². The molecular formula is C18H23NO. The molecule has 3 rings (SSSR count). The topological polar surface area (TPSA) is 25.2 Å². The predicted octanol–water partition coefficient (Wildman–Crippen LogP) is 4.43. The molecule has 1 aromatic heterocycles. The van der Waals surface area contributed by atoms with Crippen molar-refractivity contribution < 1.29 is 4.42 Å². The summed E-state index contributed by atoms with van der Waals surface area (Å²) in [6.07, 6.45) is 2.62. The van der Waals surface area contributed by atoms with Crippen molar-refractivity contribution in [2.75, 3.05) is 0 Å². The van der Waals surface area contributed by atoms with Crippen molar-refractivity contribution in [3.8, 4) is 11.3 Å². The monoisotopic (exact) mass is 269 g/mol. The molecule has 1 N–H and O–H groups in total. The lowest BCUT2D eigenvalue weighted by atomic mass is 9.93. The number of hydrogen-bond donors (Lipinski definition) is 1. The van der Waals surface area contributed by atoms with Gasteiger partial charge < -0.3 is 9.73 Å². The van der Waals surface area contributed by atoms with Gasteiger partial charge in [0.15, 0.2) is 0 Å². The van der Waals surface area contributed by atoms with E-state index in [4.69, 9.17) is 4.42 Å². The second kappa shape index (κ2) is 5.10. The maximum absolute atomic E-state index is 6.06. The van der Waals surface area contributed by atoms with Gasteiger partial charge in [0.25, 0.3) is 0 Å². The summed E-state index contributed by atoms with van der Waals surface area (Å²) in [4.78, 5) is 0. The van der Waals surface area contributed by atoms with E-state index in [1.54, 1.807) is 0 Å². The lowest BCUT2D eigenvalue weighted by Crippen LogP contribution is -2.14. The van der Waals surface area contributed by atoms with Crippen molar-refractivity contribution in [1.29, 1.82) is 0 Å². The summed E-state index contributed by atoms with van der Waals surface area (Å²) in [7, 11) is 0. The van der Waals surface area contributed by atoms with Crippen molar-refractivity contribution in [3.05, 3.63) is 46.2 Å². The Morgan fingerprint density at radius 2 is 1.70 bits per heavy atom. The molecule has 0 aliphatic heterocycles. The van der Waals surface area contributed by atoms with Crippen molar-refractivity contribution in [3.63, 3.8) is 0 Å². The molecule has 1 fully saturated rings. The molecule has 0 saturated heterocycles. The number of benzene rings is 1. The standard InChI is InChI=1S/C18H23NO/c1-11-9-12(2)14(4)18(13(11)3)17-8-7-16(20-17)10-19-15-5-6-15/h7-9,15,19H,5-6,10H2,1-4H3. The maximum Gasteiger partial charge on any atom is 0.134 e. The van der Waals surface area contributed by atoms with Crippen molar-refractivity contribution in [2.24, 2.45) is 0 Å². The van der Waals surface area contributed by atoms with Crippen molar-refractivity contribution in [1.82, 2.24) is 5.32 Å². The molecule has 0 atom stereocenters. The van der Waals surface area contributed by atoms with E-state index >= 15 is 0 Å². The minimum atomic E-state index is 0.716. The van der Waals surface area contributed by atoms with Crippen LogP contribution in [0.15, 0.2) is 22.6 Å². The van der Waals surface area contributed by atoms with E-state index in [2.05, 4.69) is 51.2 Å². The van der Waals surface area contributed by atoms with Gasteiger partial charge in [0, 0.05) is 11.6 Å². The van der Waals surface area contributed by atoms with Crippen LogP contribution in [0.3, 0.4) is 0 Å². The number of nitrogens with one attached hydrogen (secondary N) is 1. The van der Waals surface area contributed by atoms with Crippen LogP contribution in [0.25, 0.3) is 11.3 Å². The summed E-state index contributed by atoms with van der Waals surface area (Å²) >= 11 is 0. The molecule has 1 aliphatic carbocycles. The Kier molecular flexibility index (Phi) is 3.43. The maximum atomic E-state index is 6.06. The SMILES string of the molecule is Cc1cc(C)c(C)c(-c2ccc(CNC3CC3)o2)c1C. The van der Waals surface area contributed by atoms with Gasteiger partial charge in [0.1, 0.15) is 11.5 Å². The molecule has 0 unspecified atom stereocenters. The van der Waals surface area contributed by atoms with E-state index in [1.807, 2.05) is 0 Å². The second-order valence-electron chi connectivity index (χ2n) is 6.06. The van der Waals surface area contributed by atoms with E-state index < -0.39 is 0 Å². The first kappa shape index (κ1) is 13.4.